The van der Waals surface area contributed by atoms with E-state index in [-0.39, 0.29) is 23.8 Å². The van der Waals surface area contributed by atoms with E-state index < -0.39 is 6.10 Å². The topological polar surface area (TPSA) is 102 Å². The minimum atomic E-state index is -0.779. The van der Waals surface area contributed by atoms with Gasteiger partial charge in [0.2, 0.25) is 5.91 Å². The molecular formula is C29H34Cl2N2O4. The number of amides is 1. The van der Waals surface area contributed by atoms with Crippen LogP contribution in [-0.4, -0.2) is 33.3 Å². The molecule has 0 aromatic heterocycles. The van der Waals surface area contributed by atoms with Crippen molar-refractivity contribution in [3.05, 3.63) is 98.5 Å². The number of hydrogen-bond acceptors (Lipinski definition) is 5. The maximum atomic E-state index is 12.3. The summed E-state index contributed by atoms with van der Waals surface area (Å²) in [7, 11) is 0. The Morgan fingerprint density at radius 3 is 2.46 bits per heavy atom. The van der Waals surface area contributed by atoms with E-state index in [4.69, 9.17) is 23.2 Å². The molecule has 3 aromatic carbocycles. The quantitative estimate of drug-likeness (QED) is 0.218. The number of carbonyl (C=O) groups is 1. The molecule has 0 spiro atoms. The molecule has 198 valence electrons. The first-order valence-corrected chi connectivity index (χ1v) is 13.0. The van der Waals surface area contributed by atoms with Crippen molar-refractivity contribution in [2.24, 2.45) is 0 Å². The Labute approximate surface area is 228 Å². The standard InChI is InChI=1S/C29H34Cl2N2O4/c1-29(2,33-17-27(36)22-8-10-26(35)23(14-22)18-34)15-20-5-3-4-19(12-20)7-11-28(37)32-16-21-6-9-24(30)25(31)13-21/h3-6,8-10,12-14,27,33-36H,7,11,15-18H2,1-2H3,(H,32,37)/t27-/m1/s1. The Morgan fingerprint density at radius 1 is 0.973 bits per heavy atom. The molecule has 3 rings (SSSR count). The lowest BCUT2D eigenvalue weighted by atomic mass is 9.92. The molecule has 0 aliphatic carbocycles. The van der Waals surface area contributed by atoms with Crippen LogP contribution in [0, 0.1) is 0 Å². The zero-order valence-electron chi connectivity index (χ0n) is 21.1. The average molecular weight is 546 g/mol. The minimum absolute atomic E-state index is 0.00979. The average Bonchev–Trinajstić information content (AvgIpc) is 2.87. The largest absolute Gasteiger partial charge is 0.508 e. The van der Waals surface area contributed by atoms with Gasteiger partial charge >= 0.3 is 0 Å². The predicted octanol–water partition coefficient (Wildman–Crippen LogP) is 5.08. The molecule has 5 N–H and O–H groups in total. The Hall–Kier alpha value is -2.61. The summed E-state index contributed by atoms with van der Waals surface area (Å²) >= 11 is 12.0. The number of aromatic hydroxyl groups is 1. The summed E-state index contributed by atoms with van der Waals surface area (Å²) in [4.78, 5) is 12.3. The number of nitrogens with one attached hydrogen (secondary N) is 2. The highest BCUT2D eigenvalue weighted by Gasteiger charge is 2.20. The molecule has 0 radical (unpaired) electrons. The summed E-state index contributed by atoms with van der Waals surface area (Å²) in [6, 6.07) is 18.2. The second-order valence-corrected chi connectivity index (χ2v) is 10.7. The summed E-state index contributed by atoms with van der Waals surface area (Å²) in [5.74, 6) is -0.0263. The van der Waals surface area contributed by atoms with Gasteiger partial charge in [0.25, 0.3) is 0 Å². The van der Waals surface area contributed by atoms with Crippen LogP contribution in [0.2, 0.25) is 10.0 Å². The van der Waals surface area contributed by atoms with E-state index in [0.29, 0.717) is 47.1 Å². The van der Waals surface area contributed by atoms with Crippen molar-refractivity contribution >= 4 is 29.1 Å². The maximum Gasteiger partial charge on any atom is 0.220 e. The van der Waals surface area contributed by atoms with Crippen LogP contribution in [0.4, 0.5) is 0 Å². The van der Waals surface area contributed by atoms with Crippen molar-refractivity contribution in [1.82, 2.24) is 10.6 Å². The van der Waals surface area contributed by atoms with E-state index in [2.05, 4.69) is 36.6 Å². The molecule has 1 amide bonds. The number of β-amino-alcohol motifs (C(OH)–C–C–N with tert-alkyl or cyclic N) is 1. The van der Waals surface area contributed by atoms with Gasteiger partial charge in [0.05, 0.1) is 22.8 Å². The van der Waals surface area contributed by atoms with Gasteiger partial charge in [0, 0.05) is 30.6 Å². The second-order valence-electron chi connectivity index (χ2n) is 9.85. The predicted molar refractivity (Wildman–Crippen MR) is 148 cm³/mol. The molecule has 6 nitrogen and oxygen atoms in total. The van der Waals surface area contributed by atoms with Crippen molar-refractivity contribution in [3.8, 4) is 5.75 Å². The monoisotopic (exact) mass is 544 g/mol. The van der Waals surface area contributed by atoms with Gasteiger partial charge in [0.1, 0.15) is 5.75 Å². The van der Waals surface area contributed by atoms with Gasteiger partial charge in [-0.15, -0.1) is 0 Å². The normalized spacial score (nSPS) is 12.4. The van der Waals surface area contributed by atoms with E-state index in [1.807, 2.05) is 18.2 Å². The number of carbonyl (C=O) groups excluding carboxylic acids is 1. The van der Waals surface area contributed by atoms with E-state index in [0.717, 1.165) is 23.1 Å². The summed E-state index contributed by atoms with van der Waals surface area (Å²) in [6.07, 6.45) is 0.955. The first-order chi connectivity index (χ1) is 17.6. The van der Waals surface area contributed by atoms with Crippen molar-refractivity contribution in [1.29, 1.82) is 0 Å². The first-order valence-electron chi connectivity index (χ1n) is 12.2. The zero-order chi connectivity index (χ0) is 27.0. The number of aryl methyl sites for hydroxylation is 1. The fraction of sp³-hybridized carbons (Fsp3) is 0.345. The van der Waals surface area contributed by atoms with Gasteiger partial charge < -0.3 is 26.0 Å². The summed E-state index contributed by atoms with van der Waals surface area (Å²) in [6.45, 7) is 4.56. The van der Waals surface area contributed by atoms with Crippen molar-refractivity contribution in [3.63, 3.8) is 0 Å². The maximum absolute atomic E-state index is 12.3. The molecular weight excluding hydrogens is 511 g/mol. The fourth-order valence-corrected chi connectivity index (χ4v) is 4.42. The third-order valence-electron chi connectivity index (χ3n) is 6.18. The Bertz CT molecular complexity index is 1220. The zero-order valence-corrected chi connectivity index (χ0v) is 22.6. The Morgan fingerprint density at radius 2 is 1.73 bits per heavy atom. The van der Waals surface area contributed by atoms with Crippen LogP contribution in [0.3, 0.4) is 0 Å². The number of rotatable bonds is 12. The highest BCUT2D eigenvalue weighted by atomic mass is 35.5. The van der Waals surface area contributed by atoms with Crippen molar-refractivity contribution in [2.75, 3.05) is 6.54 Å². The molecule has 3 aromatic rings. The number of halogens is 2. The van der Waals surface area contributed by atoms with Crippen LogP contribution in [0.1, 0.15) is 54.2 Å². The van der Waals surface area contributed by atoms with E-state index >= 15 is 0 Å². The third kappa shape index (κ3) is 9.02. The van der Waals surface area contributed by atoms with Gasteiger partial charge in [-0.25, -0.2) is 0 Å². The van der Waals surface area contributed by atoms with E-state index in [9.17, 15) is 20.1 Å². The first kappa shape index (κ1) is 29.0. The summed E-state index contributed by atoms with van der Waals surface area (Å²) in [5.41, 5.74) is 3.82. The lowest BCUT2D eigenvalue weighted by molar-refractivity contribution is -0.121. The highest BCUT2D eigenvalue weighted by molar-refractivity contribution is 6.42. The van der Waals surface area contributed by atoms with Gasteiger partial charge in [-0.1, -0.05) is 59.6 Å². The SMILES string of the molecule is CC(C)(Cc1cccc(CCC(=O)NCc2ccc(Cl)c(Cl)c2)c1)NC[C@@H](O)c1ccc(O)c(CO)c1. The molecule has 1 atom stereocenters. The van der Waals surface area contributed by atoms with Gasteiger partial charge in [-0.05, 0) is 73.2 Å². The fourth-order valence-electron chi connectivity index (χ4n) is 4.09. The Balaban J connectivity index is 1.48. The van der Waals surface area contributed by atoms with Gasteiger partial charge in [-0.3, -0.25) is 4.79 Å². The third-order valence-corrected chi connectivity index (χ3v) is 6.92. The molecule has 0 saturated heterocycles. The van der Waals surface area contributed by atoms with Crippen molar-refractivity contribution < 1.29 is 20.1 Å². The van der Waals surface area contributed by atoms with Gasteiger partial charge in [0.15, 0.2) is 0 Å². The van der Waals surface area contributed by atoms with E-state index in [1.54, 1.807) is 24.3 Å². The molecule has 0 heterocycles. The molecule has 8 heteroatoms. The van der Waals surface area contributed by atoms with Crippen LogP contribution in [0.5, 0.6) is 5.75 Å². The molecule has 0 aliphatic rings. The van der Waals surface area contributed by atoms with Gasteiger partial charge in [-0.2, -0.15) is 0 Å². The number of phenols is 1. The molecule has 0 fully saturated rings. The smallest absolute Gasteiger partial charge is 0.220 e. The lowest BCUT2D eigenvalue weighted by Crippen LogP contribution is -2.43. The lowest BCUT2D eigenvalue weighted by Gasteiger charge is -2.28. The van der Waals surface area contributed by atoms with E-state index in [1.165, 1.54) is 6.07 Å². The molecule has 37 heavy (non-hydrogen) atoms. The van der Waals surface area contributed by atoms with Crippen LogP contribution >= 0.6 is 23.2 Å². The minimum Gasteiger partial charge on any atom is -0.508 e. The van der Waals surface area contributed by atoms with Crippen LogP contribution in [0.15, 0.2) is 60.7 Å². The number of aliphatic hydroxyl groups is 2. The molecule has 0 unspecified atom stereocenters. The number of hydrogen-bond donors (Lipinski definition) is 5. The van der Waals surface area contributed by atoms with Crippen LogP contribution < -0.4 is 10.6 Å². The molecule has 0 bridgehead atoms. The van der Waals surface area contributed by atoms with Crippen LogP contribution in [0.25, 0.3) is 0 Å². The Kier molecular flexibility index (Phi) is 10.4. The number of benzene rings is 3. The second kappa shape index (κ2) is 13.3. The highest BCUT2D eigenvalue weighted by Crippen LogP contribution is 2.24. The summed E-state index contributed by atoms with van der Waals surface area (Å²) in [5, 5.41) is 37.0. The van der Waals surface area contributed by atoms with Crippen LogP contribution in [-0.2, 0) is 30.8 Å². The molecule has 0 saturated carbocycles. The molecule has 0 aliphatic heterocycles. The summed E-state index contributed by atoms with van der Waals surface area (Å²) < 4.78 is 0. The van der Waals surface area contributed by atoms with Crippen molar-refractivity contribution in [2.45, 2.75) is 57.9 Å². The number of aliphatic hydroxyl groups excluding tert-OH is 2.